The lowest BCUT2D eigenvalue weighted by Crippen LogP contribution is -2.29. The van der Waals surface area contributed by atoms with Gasteiger partial charge in [-0.2, -0.15) is 0 Å². The Morgan fingerprint density at radius 1 is 1.25 bits per heavy atom. The normalized spacial score (nSPS) is 16.0. The third-order valence-electron chi connectivity index (χ3n) is 3.93. The van der Waals surface area contributed by atoms with E-state index in [4.69, 9.17) is 5.73 Å². The highest BCUT2D eigenvalue weighted by Crippen LogP contribution is 2.24. The highest BCUT2D eigenvalue weighted by atomic mass is 16.1. The van der Waals surface area contributed by atoms with Crippen molar-refractivity contribution in [2.75, 3.05) is 0 Å². The van der Waals surface area contributed by atoms with E-state index in [0.717, 1.165) is 12.0 Å². The van der Waals surface area contributed by atoms with Gasteiger partial charge in [0.2, 0.25) is 0 Å². The molecular formula is C18H27NO. The lowest BCUT2D eigenvalue weighted by atomic mass is 9.86. The molecule has 1 aliphatic carbocycles. The highest BCUT2D eigenvalue weighted by molar-refractivity contribution is 5.81. The summed E-state index contributed by atoms with van der Waals surface area (Å²) >= 11 is 0. The molecule has 0 bridgehead atoms. The van der Waals surface area contributed by atoms with E-state index in [0.29, 0.717) is 12.8 Å². The van der Waals surface area contributed by atoms with Gasteiger partial charge in [0.15, 0.2) is 0 Å². The first kappa shape index (κ1) is 15.2. The second-order valence-electron chi connectivity index (χ2n) is 7.40. The molecular weight excluding hydrogens is 246 g/mol. The first-order chi connectivity index (χ1) is 9.33. The molecule has 0 saturated carbocycles. The number of carbonyl (C=O) groups excluding carboxylic acids is 1. The lowest BCUT2D eigenvalue weighted by Gasteiger charge is -2.22. The predicted octanol–water partition coefficient (Wildman–Crippen LogP) is 3.44. The molecule has 1 atom stereocenters. The molecule has 2 N–H and O–H groups in total. The van der Waals surface area contributed by atoms with Crippen LogP contribution in [0.15, 0.2) is 18.2 Å². The summed E-state index contributed by atoms with van der Waals surface area (Å²) in [7, 11) is 0. The molecule has 0 fully saturated rings. The number of rotatable bonds is 5. The van der Waals surface area contributed by atoms with Crippen LogP contribution in [0.3, 0.4) is 0 Å². The Kier molecular flexibility index (Phi) is 4.64. The number of aryl methyl sites for hydroxylation is 2. The molecule has 1 aromatic rings. The molecule has 0 amide bonds. The van der Waals surface area contributed by atoms with Crippen molar-refractivity contribution in [3.05, 3.63) is 34.9 Å². The molecule has 1 aromatic carbocycles. The van der Waals surface area contributed by atoms with Gasteiger partial charge in [0.25, 0.3) is 0 Å². The van der Waals surface area contributed by atoms with Crippen LogP contribution >= 0.6 is 0 Å². The summed E-state index contributed by atoms with van der Waals surface area (Å²) < 4.78 is 0. The van der Waals surface area contributed by atoms with Crippen LogP contribution in [0.25, 0.3) is 0 Å². The fraction of sp³-hybridized carbons (Fsp3) is 0.611. The van der Waals surface area contributed by atoms with Crippen LogP contribution < -0.4 is 5.73 Å². The SMILES string of the molecule is CC(C)(C)CC(N)CC(=O)Cc1ccc2c(c1)CCC2. The van der Waals surface area contributed by atoms with Crippen molar-refractivity contribution in [1.29, 1.82) is 0 Å². The topological polar surface area (TPSA) is 43.1 Å². The average Bonchev–Trinajstić information content (AvgIpc) is 2.72. The first-order valence-corrected chi connectivity index (χ1v) is 7.71. The molecule has 1 unspecified atom stereocenters. The summed E-state index contributed by atoms with van der Waals surface area (Å²) in [5.41, 5.74) is 10.3. The van der Waals surface area contributed by atoms with Crippen molar-refractivity contribution in [3.8, 4) is 0 Å². The van der Waals surface area contributed by atoms with Gasteiger partial charge >= 0.3 is 0 Å². The van der Waals surface area contributed by atoms with Gasteiger partial charge in [-0.1, -0.05) is 39.0 Å². The summed E-state index contributed by atoms with van der Waals surface area (Å²) in [6.45, 7) is 6.49. The van der Waals surface area contributed by atoms with Gasteiger partial charge in [-0.05, 0) is 47.8 Å². The molecule has 0 aliphatic heterocycles. The Bertz CT molecular complexity index is 485. The molecule has 0 saturated heterocycles. The van der Waals surface area contributed by atoms with Crippen LogP contribution in [-0.4, -0.2) is 11.8 Å². The third-order valence-corrected chi connectivity index (χ3v) is 3.93. The number of hydrogen-bond acceptors (Lipinski definition) is 2. The Balaban J connectivity index is 1.88. The number of Topliss-reactive ketones (excluding diaryl/α,β-unsaturated/α-hetero) is 1. The number of carbonyl (C=O) groups is 1. The van der Waals surface area contributed by atoms with E-state index < -0.39 is 0 Å². The van der Waals surface area contributed by atoms with Gasteiger partial charge in [-0.25, -0.2) is 0 Å². The zero-order valence-electron chi connectivity index (χ0n) is 13.0. The van der Waals surface area contributed by atoms with Gasteiger partial charge in [0.1, 0.15) is 5.78 Å². The standard InChI is InChI=1S/C18H27NO/c1-18(2,3)12-16(19)11-17(20)10-13-7-8-14-5-4-6-15(14)9-13/h7-9,16H,4-6,10-12,19H2,1-3H3. The average molecular weight is 273 g/mol. The van der Waals surface area contributed by atoms with E-state index in [-0.39, 0.29) is 17.2 Å². The van der Waals surface area contributed by atoms with E-state index >= 15 is 0 Å². The molecule has 2 heteroatoms. The van der Waals surface area contributed by atoms with Crippen molar-refractivity contribution in [2.24, 2.45) is 11.1 Å². The monoisotopic (exact) mass is 273 g/mol. The number of hydrogen-bond donors (Lipinski definition) is 1. The summed E-state index contributed by atoms with van der Waals surface area (Å²) in [6, 6.07) is 6.50. The van der Waals surface area contributed by atoms with Gasteiger partial charge in [-0.3, -0.25) is 4.79 Å². The predicted molar refractivity (Wildman–Crippen MR) is 83.8 cm³/mol. The van der Waals surface area contributed by atoms with Crippen molar-refractivity contribution in [2.45, 2.75) is 65.3 Å². The van der Waals surface area contributed by atoms with E-state index in [2.05, 4.69) is 39.0 Å². The van der Waals surface area contributed by atoms with Crippen LogP contribution in [0.4, 0.5) is 0 Å². The van der Waals surface area contributed by atoms with Crippen LogP contribution in [0.2, 0.25) is 0 Å². The van der Waals surface area contributed by atoms with Crippen LogP contribution in [0.1, 0.15) is 56.7 Å². The molecule has 1 aliphatic rings. The minimum absolute atomic E-state index is 0.0167. The smallest absolute Gasteiger partial charge is 0.138 e. The number of ketones is 1. The number of benzene rings is 1. The van der Waals surface area contributed by atoms with Gasteiger partial charge < -0.3 is 5.73 Å². The van der Waals surface area contributed by atoms with E-state index in [1.54, 1.807) is 0 Å². The maximum atomic E-state index is 12.1. The summed E-state index contributed by atoms with van der Waals surface area (Å²) in [5.74, 6) is 0.264. The van der Waals surface area contributed by atoms with Gasteiger partial charge in [-0.15, -0.1) is 0 Å². The molecule has 110 valence electrons. The highest BCUT2D eigenvalue weighted by Gasteiger charge is 2.18. The summed E-state index contributed by atoms with van der Waals surface area (Å²) in [5, 5.41) is 0. The third kappa shape index (κ3) is 4.45. The molecule has 0 heterocycles. The minimum Gasteiger partial charge on any atom is -0.327 e. The van der Waals surface area contributed by atoms with Crippen LogP contribution in [0.5, 0.6) is 0 Å². The first-order valence-electron chi connectivity index (χ1n) is 7.71. The van der Waals surface area contributed by atoms with E-state index in [1.165, 1.54) is 30.4 Å². The van der Waals surface area contributed by atoms with E-state index in [9.17, 15) is 4.79 Å². The Hall–Kier alpha value is -1.15. The maximum Gasteiger partial charge on any atom is 0.138 e. The second kappa shape index (κ2) is 6.09. The second-order valence-corrected chi connectivity index (χ2v) is 7.40. The van der Waals surface area contributed by atoms with Crippen LogP contribution in [-0.2, 0) is 24.1 Å². The largest absolute Gasteiger partial charge is 0.327 e. The molecule has 0 radical (unpaired) electrons. The minimum atomic E-state index is -0.0167. The molecule has 20 heavy (non-hydrogen) atoms. The molecule has 2 nitrogen and oxygen atoms in total. The molecule has 2 rings (SSSR count). The Morgan fingerprint density at radius 2 is 1.95 bits per heavy atom. The molecule has 0 aromatic heterocycles. The summed E-state index contributed by atoms with van der Waals surface area (Å²) in [6.07, 6.45) is 5.53. The van der Waals surface area contributed by atoms with Crippen LogP contribution in [0, 0.1) is 5.41 Å². The fourth-order valence-corrected chi connectivity index (χ4v) is 3.19. The summed E-state index contributed by atoms with van der Waals surface area (Å²) in [4.78, 5) is 12.1. The van der Waals surface area contributed by atoms with Gasteiger partial charge in [0.05, 0.1) is 0 Å². The van der Waals surface area contributed by atoms with Crippen molar-refractivity contribution >= 4 is 5.78 Å². The quantitative estimate of drug-likeness (QED) is 0.893. The zero-order valence-corrected chi connectivity index (χ0v) is 13.0. The zero-order chi connectivity index (χ0) is 14.8. The van der Waals surface area contributed by atoms with Crippen molar-refractivity contribution in [3.63, 3.8) is 0 Å². The number of fused-ring (bicyclic) bond motifs is 1. The van der Waals surface area contributed by atoms with E-state index in [1.807, 2.05) is 0 Å². The van der Waals surface area contributed by atoms with Gasteiger partial charge in [0, 0.05) is 18.9 Å². The molecule has 0 spiro atoms. The fourth-order valence-electron chi connectivity index (χ4n) is 3.19. The maximum absolute atomic E-state index is 12.1. The van der Waals surface area contributed by atoms with Crippen molar-refractivity contribution < 1.29 is 4.79 Å². The Labute approximate surface area is 122 Å². The Morgan fingerprint density at radius 3 is 2.65 bits per heavy atom. The lowest BCUT2D eigenvalue weighted by molar-refractivity contribution is -0.118. The van der Waals surface area contributed by atoms with Crippen molar-refractivity contribution in [1.82, 2.24) is 0 Å². The number of nitrogens with two attached hydrogens (primary N) is 1.